The first-order chi connectivity index (χ1) is 15.0. The number of ether oxygens (including phenoxy) is 1. The molecule has 6 nitrogen and oxygen atoms in total. The van der Waals surface area contributed by atoms with Crippen LogP contribution in [0.2, 0.25) is 0 Å². The van der Waals surface area contributed by atoms with E-state index in [2.05, 4.69) is 10.1 Å². The van der Waals surface area contributed by atoms with Crippen LogP contribution in [0.15, 0.2) is 78.2 Å². The number of nitrogens with two attached hydrogens (primary N) is 1. The minimum absolute atomic E-state index is 0.172. The molecular formula is C23H20F2N4O2. The molecule has 0 saturated carbocycles. The SMILES string of the molecule is NCCCC1(c2ccccc2)OC(c2cc(F)ccc2F)=NN1C(=O)c1cccnc1. The van der Waals surface area contributed by atoms with Crippen molar-refractivity contribution >= 4 is 11.8 Å². The summed E-state index contributed by atoms with van der Waals surface area (Å²) in [7, 11) is 0. The number of aromatic nitrogens is 1. The fraction of sp³-hybridized carbons (Fsp3) is 0.174. The molecule has 2 heterocycles. The molecule has 1 aliphatic rings. The van der Waals surface area contributed by atoms with Crippen LogP contribution in [0.4, 0.5) is 8.78 Å². The van der Waals surface area contributed by atoms with Crippen molar-refractivity contribution in [3.05, 3.63) is 101 Å². The third-order valence-electron chi connectivity index (χ3n) is 5.00. The van der Waals surface area contributed by atoms with Gasteiger partial charge in [0.2, 0.25) is 11.6 Å². The maximum absolute atomic E-state index is 14.5. The number of amides is 1. The van der Waals surface area contributed by atoms with Crippen LogP contribution < -0.4 is 5.73 Å². The highest BCUT2D eigenvalue weighted by Gasteiger charge is 2.50. The van der Waals surface area contributed by atoms with Crippen LogP contribution in [0.25, 0.3) is 0 Å². The Hall–Kier alpha value is -3.65. The van der Waals surface area contributed by atoms with Gasteiger partial charge in [0.1, 0.15) is 11.6 Å². The first-order valence-electron chi connectivity index (χ1n) is 9.78. The van der Waals surface area contributed by atoms with Crippen molar-refractivity contribution in [3.8, 4) is 0 Å². The standard InChI is InChI=1S/C23H20F2N4O2/c24-18-9-10-20(25)19(14-18)21-28-29(22(30)16-6-4-13-27-15-16)23(31-21,11-5-12-26)17-7-2-1-3-8-17/h1-4,6-10,13-15H,5,11-12,26H2. The molecule has 2 aromatic carbocycles. The summed E-state index contributed by atoms with van der Waals surface area (Å²) in [5.74, 6) is -2.03. The molecule has 4 rings (SSSR count). The molecule has 0 bridgehead atoms. The van der Waals surface area contributed by atoms with E-state index in [0.29, 0.717) is 24.9 Å². The minimum atomic E-state index is -1.37. The van der Waals surface area contributed by atoms with E-state index >= 15 is 0 Å². The molecule has 1 aromatic heterocycles. The molecule has 8 heteroatoms. The van der Waals surface area contributed by atoms with Crippen LogP contribution in [0.3, 0.4) is 0 Å². The van der Waals surface area contributed by atoms with Gasteiger partial charge in [-0.2, -0.15) is 5.01 Å². The van der Waals surface area contributed by atoms with Gasteiger partial charge in [-0.1, -0.05) is 30.3 Å². The summed E-state index contributed by atoms with van der Waals surface area (Å²) in [6.07, 6.45) is 3.76. The maximum Gasteiger partial charge on any atom is 0.279 e. The Kier molecular flexibility index (Phi) is 5.73. The van der Waals surface area contributed by atoms with Crippen molar-refractivity contribution in [2.24, 2.45) is 10.8 Å². The molecular weight excluding hydrogens is 402 g/mol. The van der Waals surface area contributed by atoms with Gasteiger partial charge in [-0.15, -0.1) is 5.10 Å². The molecule has 1 unspecified atom stereocenters. The van der Waals surface area contributed by atoms with Crippen LogP contribution in [0, 0.1) is 11.6 Å². The summed E-state index contributed by atoms with van der Waals surface area (Å²) in [6, 6.07) is 15.2. The van der Waals surface area contributed by atoms with E-state index in [1.54, 1.807) is 42.6 Å². The van der Waals surface area contributed by atoms with Gasteiger partial charge >= 0.3 is 0 Å². The van der Waals surface area contributed by atoms with Gasteiger partial charge in [0.15, 0.2) is 0 Å². The molecule has 1 atom stereocenters. The lowest BCUT2D eigenvalue weighted by atomic mass is 9.96. The highest BCUT2D eigenvalue weighted by molar-refractivity contribution is 6.00. The van der Waals surface area contributed by atoms with Crippen molar-refractivity contribution in [1.29, 1.82) is 0 Å². The summed E-state index contributed by atoms with van der Waals surface area (Å²) in [6.45, 7) is 0.344. The Morgan fingerprint density at radius 1 is 1.10 bits per heavy atom. The van der Waals surface area contributed by atoms with E-state index in [1.165, 1.54) is 11.2 Å². The van der Waals surface area contributed by atoms with E-state index in [9.17, 15) is 13.6 Å². The Balaban J connectivity index is 1.87. The van der Waals surface area contributed by atoms with E-state index in [0.717, 1.165) is 18.2 Å². The summed E-state index contributed by atoms with van der Waals surface area (Å²) in [5.41, 5.74) is 5.12. The van der Waals surface area contributed by atoms with Gasteiger partial charge in [-0.25, -0.2) is 8.78 Å². The predicted octanol–water partition coefficient (Wildman–Crippen LogP) is 3.79. The van der Waals surface area contributed by atoms with E-state index in [1.807, 2.05) is 6.07 Å². The van der Waals surface area contributed by atoms with E-state index < -0.39 is 23.3 Å². The second kappa shape index (κ2) is 8.61. The Labute approximate surface area is 178 Å². The zero-order valence-electron chi connectivity index (χ0n) is 16.5. The zero-order chi connectivity index (χ0) is 21.8. The lowest BCUT2D eigenvalue weighted by Gasteiger charge is -2.35. The third-order valence-corrected chi connectivity index (χ3v) is 5.00. The highest BCUT2D eigenvalue weighted by Crippen LogP contribution is 2.41. The number of hydrogen-bond donors (Lipinski definition) is 1. The summed E-state index contributed by atoms with van der Waals surface area (Å²) in [4.78, 5) is 17.4. The van der Waals surface area contributed by atoms with Gasteiger partial charge in [0.25, 0.3) is 5.91 Å². The first-order valence-corrected chi connectivity index (χ1v) is 9.78. The maximum atomic E-state index is 14.5. The minimum Gasteiger partial charge on any atom is -0.443 e. The van der Waals surface area contributed by atoms with Gasteiger partial charge in [-0.05, 0) is 43.3 Å². The van der Waals surface area contributed by atoms with Crippen LogP contribution in [-0.4, -0.2) is 28.3 Å². The number of carbonyl (C=O) groups is 1. The first kappa shape index (κ1) is 20.6. The molecule has 0 fully saturated rings. The average molecular weight is 422 g/mol. The second-order valence-electron chi connectivity index (χ2n) is 7.03. The Morgan fingerprint density at radius 3 is 2.61 bits per heavy atom. The third kappa shape index (κ3) is 3.89. The quantitative estimate of drug-likeness (QED) is 0.656. The number of hydrazone groups is 1. The predicted molar refractivity (Wildman–Crippen MR) is 111 cm³/mol. The highest BCUT2D eigenvalue weighted by atomic mass is 19.1. The van der Waals surface area contributed by atoms with Crippen molar-refractivity contribution < 1.29 is 18.3 Å². The number of rotatable bonds is 6. The lowest BCUT2D eigenvalue weighted by molar-refractivity contribution is -0.0594. The van der Waals surface area contributed by atoms with Gasteiger partial charge in [-0.3, -0.25) is 9.78 Å². The van der Waals surface area contributed by atoms with Crippen LogP contribution in [0.5, 0.6) is 0 Å². The number of benzene rings is 2. The number of halogens is 2. The topological polar surface area (TPSA) is 80.8 Å². The van der Waals surface area contributed by atoms with Crippen LogP contribution >= 0.6 is 0 Å². The molecule has 0 aliphatic carbocycles. The average Bonchev–Trinajstić information content (AvgIpc) is 3.20. The molecule has 2 N–H and O–H groups in total. The van der Waals surface area contributed by atoms with Crippen molar-refractivity contribution in [2.75, 3.05) is 6.54 Å². The Bertz CT molecular complexity index is 1110. The zero-order valence-corrected chi connectivity index (χ0v) is 16.5. The largest absolute Gasteiger partial charge is 0.443 e. The number of pyridine rings is 1. The van der Waals surface area contributed by atoms with Crippen molar-refractivity contribution in [1.82, 2.24) is 9.99 Å². The fourth-order valence-electron chi connectivity index (χ4n) is 3.51. The molecule has 1 aliphatic heterocycles. The van der Waals surface area contributed by atoms with E-state index in [4.69, 9.17) is 10.5 Å². The smallest absolute Gasteiger partial charge is 0.279 e. The normalized spacial score (nSPS) is 17.9. The van der Waals surface area contributed by atoms with Gasteiger partial charge in [0.05, 0.1) is 11.1 Å². The Morgan fingerprint density at radius 2 is 1.90 bits per heavy atom. The number of nitrogens with zero attached hydrogens (tertiary/aromatic N) is 3. The van der Waals surface area contributed by atoms with Crippen LogP contribution in [-0.2, 0) is 10.5 Å². The molecule has 0 radical (unpaired) electrons. The molecule has 0 spiro atoms. The summed E-state index contributed by atoms with van der Waals surface area (Å²) in [5, 5.41) is 5.50. The number of hydrogen-bond acceptors (Lipinski definition) is 5. The van der Waals surface area contributed by atoms with E-state index in [-0.39, 0.29) is 17.0 Å². The second-order valence-corrected chi connectivity index (χ2v) is 7.03. The molecule has 0 saturated heterocycles. The van der Waals surface area contributed by atoms with Crippen molar-refractivity contribution in [3.63, 3.8) is 0 Å². The molecule has 1 amide bonds. The van der Waals surface area contributed by atoms with Crippen molar-refractivity contribution in [2.45, 2.75) is 18.6 Å². The molecule has 31 heavy (non-hydrogen) atoms. The lowest BCUT2D eigenvalue weighted by Crippen LogP contribution is -2.45. The monoisotopic (exact) mass is 422 g/mol. The molecule has 158 valence electrons. The summed E-state index contributed by atoms with van der Waals surface area (Å²) < 4.78 is 34.6. The summed E-state index contributed by atoms with van der Waals surface area (Å²) >= 11 is 0. The van der Waals surface area contributed by atoms with Crippen LogP contribution in [0.1, 0.15) is 34.3 Å². The fourth-order valence-corrected chi connectivity index (χ4v) is 3.51. The van der Waals surface area contributed by atoms with Gasteiger partial charge in [0, 0.05) is 24.4 Å². The molecule has 3 aromatic rings. The number of carbonyl (C=O) groups excluding carboxylic acids is 1. The van der Waals surface area contributed by atoms with Gasteiger partial charge < -0.3 is 10.5 Å².